The van der Waals surface area contributed by atoms with Crippen molar-refractivity contribution >= 4 is 11.3 Å². The average Bonchev–Trinajstić information content (AvgIpc) is 2.95. The van der Waals surface area contributed by atoms with Crippen LogP contribution >= 0.6 is 11.3 Å². The summed E-state index contributed by atoms with van der Waals surface area (Å²) in [6, 6.07) is 2.98. The number of hydrogen-bond donors (Lipinski definition) is 2. The average molecular weight is 266 g/mol. The number of nitrogens with one attached hydrogen (secondary N) is 2. The molecule has 0 spiro atoms. The molecule has 2 N–H and O–H groups in total. The Bertz CT molecular complexity index is 364. The number of rotatable bonds is 6. The molecule has 18 heavy (non-hydrogen) atoms. The monoisotopic (exact) mass is 266 g/mol. The van der Waals surface area contributed by atoms with E-state index in [9.17, 15) is 0 Å². The molecule has 2 rings (SSSR count). The van der Waals surface area contributed by atoms with Crippen LogP contribution in [0.3, 0.4) is 0 Å². The van der Waals surface area contributed by atoms with Crippen LogP contribution < -0.4 is 10.6 Å². The molecular weight excluding hydrogens is 240 g/mol. The maximum Gasteiger partial charge on any atom is 0.0143 e. The fourth-order valence-corrected chi connectivity index (χ4v) is 3.88. The SMILES string of the molecule is Cc1ccsc1C(C)(C)CNCCC1CCCN1. The first-order valence-corrected chi connectivity index (χ1v) is 7.96. The van der Waals surface area contributed by atoms with E-state index in [0.29, 0.717) is 0 Å². The van der Waals surface area contributed by atoms with Gasteiger partial charge in [0.2, 0.25) is 0 Å². The lowest BCUT2D eigenvalue weighted by Crippen LogP contribution is -2.35. The van der Waals surface area contributed by atoms with Crippen LogP contribution in [0.25, 0.3) is 0 Å². The van der Waals surface area contributed by atoms with E-state index in [1.54, 1.807) is 0 Å². The van der Waals surface area contributed by atoms with Gasteiger partial charge in [0, 0.05) is 22.9 Å². The molecule has 2 nitrogen and oxygen atoms in total. The third-order valence-electron chi connectivity index (χ3n) is 3.88. The van der Waals surface area contributed by atoms with Gasteiger partial charge in [-0.25, -0.2) is 0 Å². The normalized spacial score (nSPS) is 20.5. The Morgan fingerprint density at radius 1 is 1.50 bits per heavy atom. The molecule has 0 aromatic carbocycles. The van der Waals surface area contributed by atoms with Gasteiger partial charge in [0.1, 0.15) is 0 Å². The lowest BCUT2D eigenvalue weighted by Gasteiger charge is -2.25. The topological polar surface area (TPSA) is 24.1 Å². The van der Waals surface area contributed by atoms with Crippen molar-refractivity contribution in [3.63, 3.8) is 0 Å². The minimum absolute atomic E-state index is 0.251. The Morgan fingerprint density at radius 3 is 2.94 bits per heavy atom. The fraction of sp³-hybridized carbons (Fsp3) is 0.733. The van der Waals surface area contributed by atoms with Crippen LogP contribution in [0, 0.1) is 6.92 Å². The first-order valence-electron chi connectivity index (χ1n) is 7.08. The largest absolute Gasteiger partial charge is 0.316 e. The van der Waals surface area contributed by atoms with Gasteiger partial charge in [-0.2, -0.15) is 0 Å². The van der Waals surface area contributed by atoms with Crippen molar-refractivity contribution < 1.29 is 0 Å². The van der Waals surface area contributed by atoms with E-state index in [1.807, 2.05) is 11.3 Å². The van der Waals surface area contributed by atoms with E-state index in [4.69, 9.17) is 0 Å². The van der Waals surface area contributed by atoms with E-state index in [-0.39, 0.29) is 5.41 Å². The molecule has 1 aliphatic rings. The Labute approximate surface area is 115 Å². The lowest BCUT2D eigenvalue weighted by atomic mass is 9.89. The zero-order valence-electron chi connectivity index (χ0n) is 11.9. The van der Waals surface area contributed by atoms with Gasteiger partial charge >= 0.3 is 0 Å². The zero-order valence-corrected chi connectivity index (χ0v) is 12.7. The summed E-state index contributed by atoms with van der Waals surface area (Å²) < 4.78 is 0. The van der Waals surface area contributed by atoms with Gasteiger partial charge in [-0.3, -0.25) is 0 Å². The summed E-state index contributed by atoms with van der Waals surface area (Å²) in [6.07, 6.45) is 3.97. The number of aryl methyl sites for hydroxylation is 1. The van der Waals surface area contributed by atoms with E-state index >= 15 is 0 Å². The van der Waals surface area contributed by atoms with Gasteiger partial charge in [0.25, 0.3) is 0 Å². The highest BCUT2D eigenvalue weighted by Gasteiger charge is 2.23. The summed E-state index contributed by atoms with van der Waals surface area (Å²) in [7, 11) is 0. The summed E-state index contributed by atoms with van der Waals surface area (Å²) in [5, 5.41) is 9.39. The fourth-order valence-electron chi connectivity index (χ4n) is 2.83. The molecule has 1 fully saturated rings. The van der Waals surface area contributed by atoms with Gasteiger partial charge < -0.3 is 10.6 Å². The highest BCUT2D eigenvalue weighted by atomic mass is 32.1. The van der Waals surface area contributed by atoms with Crippen molar-refractivity contribution in [1.29, 1.82) is 0 Å². The smallest absolute Gasteiger partial charge is 0.0143 e. The summed E-state index contributed by atoms with van der Waals surface area (Å²) in [5.41, 5.74) is 1.69. The Morgan fingerprint density at radius 2 is 2.33 bits per heavy atom. The molecule has 1 aromatic heterocycles. The van der Waals surface area contributed by atoms with Crippen molar-refractivity contribution in [2.45, 2.75) is 51.5 Å². The van der Waals surface area contributed by atoms with Crippen LogP contribution in [0.2, 0.25) is 0 Å². The molecule has 0 saturated carbocycles. The Hall–Kier alpha value is -0.380. The van der Waals surface area contributed by atoms with Crippen molar-refractivity contribution in [2.24, 2.45) is 0 Å². The highest BCUT2D eigenvalue weighted by molar-refractivity contribution is 7.10. The van der Waals surface area contributed by atoms with Gasteiger partial charge in [0.05, 0.1) is 0 Å². The van der Waals surface area contributed by atoms with E-state index in [1.165, 1.54) is 36.2 Å². The molecule has 0 aliphatic carbocycles. The zero-order chi connectivity index (χ0) is 13.0. The maximum atomic E-state index is 3.63. The second-order valence-corrected chi connectivity index (χ2v) is 6.99. The predicted molar refractivity (Wildman–Crippen MR) is 80.6 cm³/mol. The molecule has 1 aliphatic heterocycles. The summed E-state index contributed by atoms with van der Waals surface area (Å²) >= 11 is 1.89. The first-order chi connectivity index (χ1) is 8.59. The standard InChI is InChI=1S/C15H26N2S/c1-12-7-10-18-14(12)15(2,3)11-16-9-6-13-5-4-8-17-13/h7,10,13,16-17H,4-6,8-9,11H2,1-3H3. The van der Waals surface area contributed by atoms with E-state index in [2.05, 4.69) is 42.9 Å². The quantitative estimate of drug-likeness (QED) is 0.773. The van der Waals surface area contributed by atoms with Crippen LogP contribution in [0.5, 0.6) is 0 Å². The molecule has 3 heteroatoms. The van der Waals surface area contributed by atoms with E-state index < -0.39 is 0 Å². The number of thiophene rings is 1. The Balaban J connectivity index is 1.73. The predicted octanol–water partition coefficient (Wildman–Crippen LogP) is 3.07. The summed E-state index contributed by atoms with van der Waals surface area (Å²) in [4.78, 5) is 1.52. The molecule has 1 atom stereocenters. The molecule has 0 bridgehead atoms. The van der Waals surface area contributed by atoms with E-state index in [0.717, 1.165) is 19.1 Å². The van der Waals surface area contributed by atoms with Crippen LogP contribution in [0.15, 0.2) is 11.4 Å². The minimum Gasteiger partial charge on any atom is -0.316 e. The highest BCUT2D eigenvalue weighted by Crippen LogP contribution is 2.30. The maximum absolute atomic E-state index is 3.63. The van der Waals surface area contributed by atoms with Gasteiger partial charge in [0.15, 0.2) is 0 Å². The van der Waals surface area contributed by atoms with Crippen molar-refractivity contribution in [2.75, 3.05) is 19.6 Å². The van der Waals surface area contributed by atoms with Crippen LogP contribution in [0.1, 0.15) is 43.6 Å². The van der Waals surface area contributed by atoms with Gasteiger partial charge in [-0.15, -0.1) is 11.3 Å². The lowest BCUT2D eigenvalue weighted by molar-refractivity contribution is 0.451. The van der Waals surface area contributed by atoms with Gasteiger partial charge in [-0.05, 0) is 56.3 Å². The van der Waals surface area contributed by atoms with Crippen molar-refractivity contribution in [3.8, 4) is 0 Å². The second-order valence-electron chi connectivity index (χ2n) is 6.08. The molecule has 0 radical (unpaired) electrons. The van der Waals surface area contributed by atoms with Crippen molar-refractivity contribution in [1.82, 2.24) is 10.6 Å². The molecule has 1 saturated heterocycles. The minimum atomic E-state index is 0.251. The van der Waals surface area contributed by atoms with Crippen LogP contribution in [0.4, 0.5) is 0 Å². The third-order valence-corrected chi connectivity index (χ3v) is 5.26. The Kier molecular flexibility index (Phi) is 4.82. The first kappa shape index (κ1) is 14.0. The molecule has 2 heterocycles. The molecular formula is C15H26N2S. The summed E-state index contributed by atoms with van der Waals surface area (Å²) in [5.74, 6) is 0. The third kappa shape index (κ3) is 3.56. The molecule has 1 unspecified atom stereocenters. The van der Waals surface area contributed by atoms with Gasteiger partial charge in [-0.1, -0.05) is 13.8 Å². The summed E-state index contributed by atoms with van der Waals surface area (Å²) in [6.45, 7) is 10.3. The van der Waals surface area contributed by atoms with Crippen LogP contribution in [-0.4, -0.2) is 25.7 Å². The number of hydrogen-bond acceptors (Lipinski definition) is 3. The second kappa shape index (κ2) is 6.18. The molecule has 1 aromatic rings. The van der Waals surface area contributed by atoms with Crippen LogP contribution in [-0.2, 0) is 5.41 Å². The molecule has 0 amide bonds. The van der Waals surface area contributed by atoms with Crippen molar-refractivity contribution in [3.05, 3.63) is 21.9 Å². The molecule has 102 valence electrons.